The molecule has 0 aliphatic heterocycles. The lowest BCUT2D eigenvalue weighted by molar-refractivity contribution is -0.115. The molecule has 2 rings (SSSR count). The van der Waals surface area contributed by atoms with Crippen LogP contribution in [-0.4, -0.2) is 20.7 Å². The number of amides is 1. The first kappa shape index (κ1) is 18.1. The van der Waals surface area contributed by atoms with Crippen LogP contribution in [-0.2, 0) is 11.3 Å². The maximum Gasteiger partial charge on any atom is 0.275 e. The second-order valence-electron chi connectivity index (χ2n) is 4.96. The molecule has 0 bridgehead atoms. The molecular formula is C16H17ClN4O2S. The normalized spacial score (nSPS) is 11.8. The van der Waals surface area contributed by atoms with Crippen LogP contribution < -0.4 is 16.6 Å². The Hall–Kier alpha value is -2.25. The Morgan fingerprint density at radius 3 is 2.79 bits per heavy atom. The predicted molar refractivity (Wildman–Crippen MR) is 98.5 cm³/mol. The zero-order valence-electron chi connectivity index (χ0n) is 13.0. The van der Waals surface area contributed by atoms with E-state index in [-0.39, 0.29) is 11.7 Å². The van der Waals surface area contributed by atoms with Crippen LogP contribution in [0.2, 0.25) is 5.02 Å². The number of nitrogens with zero attached hydrogens (tertiary/aromatic N) is 2. The number of hydrogen-bond acceptors (Lipinski definition) is 5. The number of nitrogens with one attached hydrogen (secondary N) is 1. The van der Waals surface area contributed by atoms with Crippen molar-refractivity contribution in [3.63, 3.8) is 0 Å². The van der Waals surface area contributed by atoms with Gasteiger partial charge in [-0.25, -0.2) is 0 Å². The lowest BCUT2D eigenvalue weighted by Crippen LogP contribution is -2.25. The summed E-state index contributed by atoms with van der Waals surface area (Å²) in [7, 11) is 0. The summed E-state index contributed by atoms with van der Waals surface area (Å²) in [5.74, 6) is 0.0619. The zero-order chi connectivity index (χ0) is 17.7. The molecule has 0 unspecified atom stereocenters. The molecule has 0 spiro atoms. The molecule has 1 amide bonds. The van der Waals surface area contributed by atoms with Crippen molar-refractivity contribution in [2.45, 2.75) is 23.9 Å². The number of carbonyl (C=O) groups is 1. The van der Waals surface area contributed by atoms with Crippen molar-refractivity contribution in [3.05, 3.63) is 58.4 Å². The number of benzene rings is 1. The highest BCUT2D eigenvalue weighted by Gasteiger charge is 2.18. The molecule has 126 valence electrons. The summed E-state index contributed by atoms with van der Waals surface area (Å²) in [6.45, 7) is 5.78. The van der Waals surface area contributed by atoms with Crippen LogP contribution >= 0.6 is 23.4 Å². The van der Waals surface area contributed by atoms with E-state index in [4.69, 9.17) is 17.3 Å². The Labute approximate surface area is 148 Å². The van der Waals surface area contributed by atoms with E-state index in [9.17, 15) is 9.59 Å². The van der Waals surface area contributed by atoms with E-state index >= 15 is 0 Å². The van der Waals surface area contributed by atoms with Crippen LogP contribution in [0.15, 0.2) is 52.9 Å². The first-order valence-electron chi connectivity index (χ1n) is 7.12. The first-order valence-corrected chi connectivity index (χ1v) is 8.38. The van der Waals surface area contributed by atoms with E-state index in [0.29, 0.717) is 22.4 Å². The molecule has 1 heterocycles. The first-order chi connectivity index (χ1) is 11.4. The number of thioether (sulfide) groups is 1. The molecular weight excluding hydrogens is 348 g/mol. The fraction of sp³-hybridized carbons (Fsp3) is 0.188. The molecule has 1 aromatic carbocycles. The van der Waals surface area contributed by atoms with Crippen molar-refractivity contribution in [3.8, 4) is 0 Å². The van der Waals surface area contributed by atoms with Crippen molar-refractivity contribution in [2.24, 2.45) is 0 Å². The van der Waals surface area contributed by atoms with Crippen LogP contribution in [0, 0.1) is 0 Å². The van der Waals surface area contributed by atoms with Gasteiger partial charge in [0.2, 0.25) is 5.91 Å². The van der Waals surface area contributed by atoms with Gasteiger partial charge in [-0.2, -0.15) is 4.98 Å². The summed E-state index contributed by atoms with van der Waals surface area (Å²) in [6.07, 6.45) is 1.64. The number of rotatable bonds is 6. The molecule has 0 fully saturated rings. The maximum atomic E-state index is 12.3. The van der Waals surface area contributed by atoms with Gasteiger partial charge < -0.3 is 15.6 Å². The van der Waals surface area contributed by atoms with Gasteiger partial charge in [0.15, 0.2) is 5.16 Å². The summed E-state index contributed by atoms with van der Waals surface area (Å²) < 4.78 is 1.63. The van der Waals surface area contributed by atoms with Gasteiger partial charge in [-0.05, 0) is 31.2 Å². The Morgan fingerprint density at radius 1 is 1.50 bits per heavy atom. The molecule has 8 heteroatoms. The third kappa shape index (κ3) is 4.62. The molecule has 0 aliphatic rings. The quantitative estimate of drug-likeness (QED) is 0.467. The van der Waals surface area contributed by atoms with Gasteiger partial charge in [-0.15, -0.1) is 6.58 Å². The number of hydrogen-bond donors (Lipinski definition) is 2. The smallest absolute Gasteiger partial charge is 0.275 e. The molecule has 1 aromatic heterocycles. The van der Waals surface area contributed by atoms with Crippen molar-refractivity contribution in [1.82, 2.24) is 9.55 Å². The van der Waals surface area contributed by atoms with Crippen molar-refractivity contribution in [1.29, 1.82) is 0 Å². The largest absolute Gasteiger partial charge is 0.385 e. The van der Waals surface area contributed by atoms with E-state index in [1.807, 2.05) is 0 Å². The fourth-order valence-electron chi connectivity index (χ4n) is 1.89. The van der Waals surface area contributed by atoms with E-state index < -0.39 is 10.8 Å². The number of nitrogen functional groups attached to an aromatic ring is 1. The third-order valence-electron chi connectivity index (χ3n) is 3.09. The van der Waals surface area contributed by atoms with Gasteiger partial charge in [0.25, 0.3) is 5.56 Å². The van der Waals surface area contributed by atoms with Crippen LogP contribution in [0.3, 0.4) is 0 Å². The summed E-state index contributed by atoms with van der Waals surface area (Å²) in [5, 5.41) is 3.27. The van der Waals surface area contributed by atoms with Gasteiger partial charge in [0.1, 0.15) is 5.82 Å². The van der Waals surface area contributed by atoms with Crippen molar-refractivity contribution < 1.29 is 4.79 Å². The highest BCUT2D eigenvalue weighted by atomic mass is 35.5. The third-order valence-corrected chi connectivity index (χ3v) is 4.44. The van der Waals surface area contributed by atoms with Crippen LogP contribution in [0.4, 0.5) is 11.5 Å². The Morgan fingerprint density at radius 2 is 2.17 bits per heavy atom. The number of aromatic nitrogens is 2. The highest BCUT2D eigenvalue weighted by molar-refractivity contribution is 8.00. The Kier molecular flexibility index (Phi) is 6.05. The SMILES string of the molecule is C=CCn1c(N)cc(=O)nc1S[C@H](C)C(=O)Nc1ccc(Cl)cc1. The van der Waals surface area contributed by atoms with E-state index in [1.54, 1.807) is 41.8 Å². The van der Waals surface area contributed by atoms with E-state index in [0.717, 1.165) is 11.8 Å². The minimum absolute atomic E-state index is 0.218. The molecule has 0 aliphatic carbocycles. The standard InChI is InChI=1S/C16H17ClN4O2S/c1-3-8-21-13(18)9-14(22)20-16(21)24-10(2)15(23)19-12-6-4-11(17)5-7-12/h3-7,9-10H,1,8,18H2,2H3,(H,19,23)/t10-/m1/s1. The fourth-order valence-corrected chi connectivity index (χ4v) is 2.95. The molecule has 0 saturated heterocycles. The van der Waals surface area contributed by atoms with Gasteiger partial charge in [-0.1, -0.05) is 29.4 Å². The number of nitrogens with two attached hydrogens (primary N) is 1. The summed E-state index contributed by atoms with van der Waals surface area (Å²) >= 11 is 6.97. The van der Waals surface area contributed by atoms with Crippen LogP contribution in [0.5, 0.6) is 0 Å². The second kappa shape index (κ2) is 8.03. The van der Waals surface area contributed by atoms with E-state index in [2.05, 4.69) is 16.9 Å². The molecule has 6 nitrogen and oxygen atoms in total. The minimum atomic E-state index is -0.481. The highest BCUT2D eigenvalue weighted by Crippen LogP contribution is 2.23. The maximum absolute atomic E-state index is 12.3. The van der Waals surface area contributed by atoms with Gasteiger partial charge >= 0.3 is 0 Å². The Bertz CT molecular complexity index is 805. The van der Waals surface area contributed by atoms with E-state index in [1.165, 1.54) is 6.07 Å². The number of allylic oxidation sites excluding steroid dienone is 1. The lowest BCUT2D eigenvalue weighted by atomic mass is 10.3. The average molecular weight is 365 g/mol. The monoisotopic (exact) mass is 364 g/mol. The summed E-state index contributed by atoms with van der Waals surface area (Å²) in [6, 6.07) is 8.05. The van der Waals surface area contributed by atoms with Crippen LogP contribution in [0.25, 0.3) is 0 Å². The molecule has 0 radical (unpaired) electrons. The summed E-state index contributed by atoms with van der Waals surface area (Å²) in [4.78, 5) is 27.8. The Balaban J connectivity index is 2.15. The second-order valence-corrected chi connectivity index (χ2v) is 6.70. The predicted octanol–water partition coefficient (Wildman–Crippen LogP) is 2.78. The molecule has 0 saturated carbocycles. The molecule has 24 heavy (non-hydrogen) atoms. The van der Waals surface area contributed by atoms with Gasteiger partial charge in [-0.3, -0.25) is 9.59 Å². The molecule has 1 atom stereocenters. The van der Waals surface area contributed by atoms with Gasteiger partial charge in [0, 0.05) is 23.3 Å². The number of halogens is 1. The molecule has 3 N–H and O–H groups in total. The van der Waals surface area contributed by atoms with Gasteiger partial charge in [0.05, 0.1) is 5.25 Å². The molecule has 2 aromatic rings. The topological polar surface area (TPSA) is 90.0 Å². The van der Waals surface area contributed by atoms with Crippen molar-refractivity contribution in [2.75, 3.05) is 11.1 Å². The van der Waals surface area contributed by atoms with Crippen LogP contribution in [0.1, 0.15) is 6.92 Å². The zero-order valence-corrected chi connectivity index (χ0v) is 14.6. The minimum Gasteiger partial charge on any atom is -0.385 e. The lowest BCUT2D eigenvalue weighted by Gasteiger charge is -2.16. The summed E-state index contributed by atoms with van der Waals surface area (Å²) in [5.41, 5.74) is 6.04. The number of carbonyl (C=O) groups excluding carboxylic acids is 1. The number of anilines is 2. The van der Waals surface area contributed by atoms with Crippen molar-refractivity contribution >= 4 is 40.8 Å². The average Bonchev–Trinajstić information content (AvgIpc) is 2.52.